The number of hydrogen-bond donors (Lipinski definition) is 3. The van der Waals surface area contributed by atoms with E-state index in [-0.39, 0.29) is 35.8 Å². The lowest BCUT2D eigenvalue weighted by molar-refractivity contribution is -0.132. The highest BCUT2D eigenvalue weighted by atomic mass is 16.2. The van der Waals surface area contributed by atoms with Gasteiger partial charge in [0.25, 0.3) is 11.8 Å². The molecule has 1 fully saturated rings. The molecule has 3 atom stereocenters. The third-order valence-electron chi connectivity index (χ3n) is 5.71. The van der Waals surface area contributed by atoms with Gasteiger partial charge in [0.15, 0.2) is 0 Å². The van der Waals surface area contributed by atoms with Crippen molar-refractivity contribution < 1.29 is 24.0 Å². The number of nitrogens with zero attached hydrogens (tertiary/aromatic N) is 1. The van der Waals surface area contributed by atoms with Gasteiger partial charge in [0.2, 0.25) is 17.7 Å². The van der Waals surface area contributed by atoms with Gasteiger partial charge in [-0.2, -0.15) is 0 Å². The lowest BCUT2D eigenvalue weighted by Gasteiger charge is -2.30. The molecule has 9 heteroatoms. The van der Waals surface area contributed by atoms with Gasteiger partial charge in [0.05, 0.1) is 11.1 Å². The maximum atomic E-state index is 13.2. The monoisotopic (exact) mass is 428 g/mol. The van der Waals surface area contributed by atoms with Crippen molar-refractivity contribution in [1.29, 1.82) is 0 Å². The summed E-state index contributed by atoms with van der Waals surface area (Å²) in [5.74, 6) is -3.09. The van der Waals surface area contributed by atoms with Crippen molar-refractivity contribution in [2.24, 2.45) is 17.6 Å². The van der Waals surface area contributed by atoms with Gasteiger partial charge in [0.1, 0.15) is 12.1 Å². The molecule has 31 heavy (non-hydrogen) atoms. The molecule has 0 bridgehead atoms. The predicted molar refractivity (Wildman–Crippen MR) is 112 cm³/mol. The van der Waals surface area contributed by atoms with Crippen LogP contribution in [0.3, 0.4) is 0 Å². The minimum atomic E-state index is -1.09. The Balaban J connectivity index is 1.81. The van der Waals surface area contributed by atoms with Crippen molar-refractivity contribution in [3.63, 3.8) is 0 Å². The summed E-state index contributed by atoms with van der Waals surface area (Å²) in [5, 5.41) is 5.34. The first-order valence-electron chi connectivity index (χ1n) is 10.5. The van der Waals surface area contributed by atoms with E-state index < -0.39 is 41.6 Å². The quantitative estimate of drug-likeness (QED) is 0.520. The zero-order valence-corrected chi connectivity index (χ0v) is 17.7. The fraction of sp³-hybridized carbons (Fsp3) is 0.500. The van der Waals surface area contributed by atoms with Crippen LogP contribution >= 0.6 is 0 Å². The molecule has 0 unspecified atom stereocenters. The summed E-state index contributed by atoms with van der Waals surface area (Å²) in [6.07, 6.45) is 1.68. The van der Waals surface area contributed by atoms with E-state index in [1.165, 1.54) is 0 Å². The Hall–Kier alpha value is -3.23. The molecule has 0 aromatic heterocycles. The average Bonchev–Trinajstić information content (AvgIpc) is 2.97. The zero-order chi connectivity index (χ0) is 22.7. The van der Waals surface area contributed by atoms with Gasteiger partial charge in [-0.25, -0.2) is 0 Å². The molecule has 3 rings (SSSR count). The number of fused-ring (bicyclic) bond motifs is 1. The summed E-state index contributed by atoms with van der Waals surface area (Å²) in [7, 11) is 0. The van der Waals surface area contributed by atoms with Gasteiger partial charge in [-0.05, 0) is 43.7 Å². The van der Waals surface area contributed by atoms with Gasteiger partial charge in [-0.1, -0.05) is 26.0 Å². The molecule has 4 N–H and O–H groups in total. The minimum absolute atomic E-state index is 0.00351. The van der Waals surface area contributed by atoms with Crippen molar-refractivity contribution in [2.45, 2.75) is 51.6 Å². The van der Waals surface area contributed by atoms with Gasteiger partial charge >= 0.3 is 0 Å². The number of benzene rings is 1. The lowest BCUT2D eigenvalue weighted by Crippen LogP contribution is -2.55. The molecule has 1 saturated heterocycles. The first-order chi connectivity index (χ1) is 14.7. The van der Waals surface area contributed by atoms with Gasteiger partial charge in [0, 0.05) is 12.5 Å². The van der Waals surface area contributed by atoms with E-state index in [4.69, 9.17) is 5.73 Å². The number of carbonyl (C=O) groups excluding carboxylic acids is 5. The van der Waals surface area contributed by atoms with Crippen LogP contribution < -0.4 is 16.4 Å². The van der Waals surface area contributed by atoms with Crippen LogP contribution in [0.15, 0.2) is 24.3 Å². The molecule has 1 aromatic rings. The van der Waals surface area contributed by atoms with E-state index in [2.05, 4.69) is 10.6 Å². The second kappa shape index (κ2) is 9.28. The van der Waals surface area contributed by atoms with Crippen LogP contribution in [0.25, 0.3) is 0 Å². The van der Waals surface area contributed by atoms with E-state index in [9.17, 15) is 24.0 Å². The van der Waals surface area contributed by atoms with E-state index in [0.717, 1.165) is 11.3 Å². The number of rotatable bonds is 8. The predicted octanol–water partition coefficient (Wildman–Crippen LogP) is 0.584. The van der Waals surface area contributed by atoms with Crippen molar-refractivity contribution >= 4 is 29.5 Å². The van der Waals surface area contributed by atoms with Crippen molar-refractivity contribution in [3.8, 4) is 0 Å². The summed E-state index contributed by atoms with van der Waals surface area (Å²) in [6, 6.07) is 4.24. The Kier molecular flexibility index (Phi) is 6.72. The first kappa shape index (κ1) is 22.5. The zero-order valence-electron chi connectivity index (χ0n) is 17.7. The highest BCUT2D eigenvalue weighted by Crippen LogP contribution is 2.27. The fourth-order valence-corrected chi connectivity index (χ4v) is 4.13. The van der Waals surface area contributed by atoms with Crippen LogP contribution in [0.4, 0.5) is 0 Å². The molecule has 9 nitrogen and oxygen atoms in total. The lowest BCUT2D eigenvalue weighted by atomic mass is 9.91. The number of piperidine rings is 1. The highest BCUT2D eigenvalue weighted by Gasteiger charge is 2.43. The summed E-state index contributed by atoms with van der Waals surface area (Å²) < 4.78 is 0. The summed E-state index contributed by atoms with van der Waals surface area (Å²) in [5.41, 5.74) is 5.99. The van der Waals surface area contributed by atoms with Gasteiger partial charge in [-0.15, -0.1) is 0 Å². The Morgan fingerprint density at radius 3 is 2.29 bits per heavy atom. The van der Waals surface area contributed by atoms with Crippen LogP contribution in [0, 0.1) is 11.8 Å². The number of carbonyl (C=O) groups is 5. The van der Waals surface area contributed by atoms with E-state index in [1.54, 1.807) is 24.3 Å². The van der Waals surface area contributed by atoms with Crippen LogP contribution in [0.5, 0.6) is 0 Å². The fourth-order valence-electron chi connectivity index (χ4n) is 4.13. The summed E-state index contributed by atoms with van der Waals surface area (Å²) in [6.45, 7) is 4.33. The van der Waals surface area contributed by atoms with E-state index >= 15 is 0 Å². The average molecular weight is 428 g/mol. The maximum absolute atomic E-state index is 13.2. The smallest absolute Gasteiger partial charge is 0.262 e. The summed E-state index contributed by atoms with van der Waals surface area (Å²) in [4.78, 5) is 64.0. The molecule has 0 spiro atoms. The molecule has 166 valence electrons. The van der Waals surface area contributed by atoms with Crippen molar-refractivity contribution in [2.75, 3.05) is 6.54 Å². The van der Waals surface area contributed by atoms with E-state index in [0.29, 0.717) is 13.0 Å². The number of hydrogen-bond acceptors (Lipinski definition) is 5. The number of primary amides is 1. The van der Waals surface area contributed by atoms with Crippen LogP contribution in [-0.2, 0) is 14.4 Å². The number of nitrogens with two attached hydrogens (primary N) is 1. The molecular formula is C22H28N4O5. The highest BCUT2D eigenvalue weighted by molar-refractivity contribution is 6.22. The molecular weight excluding hydrogens is 400 g/mol. The van der Waals surface area contributed by atoms with Crippen LogP contribution in [0.1, 0.15) is 60.2 Å². The second-order valence-electron chi connectivity index (χ2n) is 8.50. The second-order valence-corrected chi connectivity index (χ2v) is 8.50. The Labute approximate surface area is 180 Å². The van der Waals surface area contributed by atoms with E-state index in [1.807, 2.05) is 13.8 Å². The largest absolute Gasteiger partial charge is 0.368 e. The molecule has 0 radical (unpaired) electrons. The SMILES string of the molecule is CC(C)C[C@@H](C(=O)N[C@@H](C[C@@H]1CCCNC1=O)C(N)=O)N1C(=O)c2ccccc2C1=O. The first-order valence-corrected chi connectivity index (χ1v) is 10.5. The molecule has 2 aliphatic rings. The third-order valence-corrected chi connectivity index (χ3v) is 5.71. The normalized spacial score (nSPS) is 20.3. The van der Waals surface area contributed by atoms with Crippen LogP contribution in [-0.4, -0.2) is 53.1 Å². The molecule has 0 aliphatic carbocycles. The van der Waals surface area contributed by atoms with Crippen LogP contribution in [0.2, 0.25) is 0 Å². The maximum Gasteiger partial charge on any atom is 0.262 e. The Morgan fingerprint density at radius 1 is 1.16 bits per heavy atom. The number of imide groups is 1. The Morgan fingerprint density at radius 2 is 1.77 bits per heavy atom. The third kappa shape index (κ3) is 4.76. The molecule has 0 saturated carbocycles. The molecule has 2 aliphatic heterocycles. The van der Waals surface area contributed by atoms with Gasteiger partial charge in [-0.3, -0.25) is 28.9 Å². The number of nitrogens with one attached hydrogen (secondary N) is 2. The van der Waals surface area contributed by atoms with Gasteiger partial charge < -0.3 is 16.4 Å². The minimum Gasteiger partial charge on any atom is -0.368 e. The topological polar surface area (TPSA) is 139 Å². The molecule has 5 amide bonds. The standard InChI is InChI=1S/C22H28N4O5/c1-12(2)10-17(26-21(30)14-7-3-4-8-15(14)22(26)31)20(29)25-16(18(23)27)11-13-6-5-9-24-19(13)28/h3-4,7-8,12-13,16-17H,5-6,9-11H2,1-2H3,(H2,23,27)(H,24,28)(H,25,29)/t13-,16-,17-/m0/s1. The molecule has 1 aromatic carbocycles. The summed E-state index contributed by atoms with van der Waals surface area (Å²) >= 11 is 0. The van der Waals surface area contributed by atoms with Crippen molar-refractivity contribution in [3.05, 3.63) is 35.4 Å². The Bertz CT molecular complexity index is 878. The molecule has 2 heterocycles. The number of amides is 5. The van der Waals surface area contributed by atoms with Crippen molar-refractivity contribution in [1.82, 2.24) is 15.5 Å².